The van der Waals surface area contributed by atoms with Crippen LogP contribution in [0.4, 0.5) is 5.82 Å². The summed E-state index contributed by atoms with van der Waals surface area (Å²) in [4.78, 5) is 24.6. The molecule has 0 bridgehead atoms. The Labute approximate surface area is 156 Å². The summed E-state index contributed by atoms with van der Waals surface area (Å²) in [6.07, 6.45) is 4.01. The first-order valence-corrected chi connectivity index (χ1v) is 8.41. The molecule has 1 amide bonds. The van der Waals surface area contributed by atoms with E-state index in [9.17, 15) is 4.79 Å². The molecule has 0 unspecified atom stereocenters. The molecule has 7 nitrogen and oxygen atoms in total. The maximum absolute atomic E-state index is 12.2. The van der Waals surface area contributed by atoms with Crippen LogP contribution in [0.25, 0.3) is 0 Å². The van der Waals surface area contributed by atoms with E-state index in [0.29, 0.717) is 35.3 Å². The van der Waals surface area contributed by atoms with Crippen LogP contribution in [0.3, 0.4) is 0 Å². The summed E-state index contributed by atoms with van der Waals surface area (Å²) < 4.78 is 5.62. The number of pyridine rings is 1. The Bertz CT molecular complexity index is 963. The molecular formula is C20H17N5O2. The third kappa shape index (κ3) is 5.09. The maximum Gasteiger partial charge on any atom is 0.229 e. The molecule has 0 aliphatic carbocycles. The SMILES string of the molecule is CCc1nccc(NC(=O)Cc2ccc(Oc3ccc(C#N)cn3)cc2)n1. The zero-order valence-corrected chi connectivity index (χ0v) is 14.7. The van der Waals surface area contributed by atoms with Gasteiger partial charge in [-0.25, -0.2) is 15.0 Å². The Hall–Kier alpha value is -3.79. The fraction of sp³-hybridized carbons (Fsp3) is 0.150. The van der Waals surface area contributed by atoms with Gasteiger partial charge in [-0.05, 0) is 29.8 Å². The number of ether oxygens (including phenoxy) is 1. The van der Waals surface area contributed by atoms with Gasteiger partial charge in [-0.3, -0.25) is 4.79 Å². The normalized spacial score (nSPS) is 10.1. The van der Waals surface area contributed by atoms with E-state index in [2.05, 4.69) is 20.3 Å². The van der Waals surface area contributed by atoms with E-state index in [-0.39, 0.29) is 12.3 Å². The average molecular weight is 359 g/mol. The summed E-state index contributed by atoms with van der Waals surface area (Å²) >= 11 is 0. The van der Waals surface area contributed by atoms with Crippen molar-refractivity contribution in [1.82, 2.24) is 15.0 Å². The third-order valence-electron chi connectivity index (χ3n) is 3.67. The van der Waals surface area contributed by atoms with Crippen LogP contribution in [0.15, 0.2) is 54.9 Å². The molecule has 0 atom stereocenters. The molecule has 134 valence electrons. The molecule has 0 saturated carbocycles. The lowest BCUT2D eigenvalue weighted by Gasteiger charge is -2.07. The summed E-state index contributed by atoms with van der Waals surface area (Å²) in [5.74, 6) is 2.03. The summed E-state index contributed by atoms with van der Waals surface area (Å²) in [7, 11) is 0. The van der Waals surface area contributed by atoms with E-state index in [4.69, 9.17) is 10.00 Å². The molecule has 3 rings (SSSR count). The zero-order chi connectivity index (χ0) is 19.1. The van der Waals surface area contributed by atoms with Crippen molar-refractivity contribution in [2.24, 2.45) is 0 Å². The van der Waals surface area contributed by atoms with Crippen LogP contribution in [0, 0.1) is 11.3 Å². The van der Waals surface area contributed by atoms with E-state index in [1.807, 2.05) is 25.1 Å². The minimum absolute atomic E-state index is 0.154. The lowest BCUT2D eigenvalue weighted by molar-refractivity contribution is -0.115. The first kappa shape index (κ1) is 18.0. The number of aromatic nitrogens is 3. The van der Waals surface area contributed by atoms with Crippen LogP contribution in [0.1, 0.15) is 23.9 Å². The molecule has 0 spiro atoms. The highest BCUT2D eigenvalue weighted by atomic mass is 16.5. The van der Waals surface area contributed by atoms with Crippen LogP contribution in [-0.2, 0) is 17.6 Å². The van der Waals surface area contributed by atoms with Crippen molar-refractivity contribution in [2.75, 3.05) is 5.32 Å². The van der Waals surface area contributed by atoms with Gasteiger partial charge in [-0.15, -0.1) is 0 Å². The first-order chi connectivity index (χ1) is 13.2. The molecular weight excluding hydrogens is 342 g/mol. The van der Waals surface area contributed by atoms with Gasteiger partial charge in [0.1, 0.15) is 23.5 Å². The predicted molar refractivity (Wildman–Crippen MR) is 99.2 cm³/mol. The number of anilines is 1. The van der Waals surface area contributed by atoms with Gasteiger partial charge in [0.05, 0.1) is 12.0 Å². The van der Waals surface area contributed by atoms with Gasteiger partial charge in [0.2, 0.25) is 11.8 Å². The average Bonchev–Trinajstić information content (AvgIpc) is 2.70. The standard InChI is InChI=1S/C20H17N5O2/c1-2-17-22-10-9-18(24-17)25-19(26)11-14-3-6-16(7-4-14)27-20-8-5-15(12-21)13-23-20/h3-10,13H,2,11H2,1H3,(H,22,24,25,26). The largest absolute Gasteiger partial charge is 0.439 e. The lowest BCUT2D eigenvalue weighted by atomic mass is 10.1. The van der Waals surface area contributed by atoms with Crippen molar-refractivity contribution in [3.63, 3.8) is 0 Å². The third-order valence-corrected chi connectivity index (χ3v) is 3.67. The van der Waals surface area contributed by atoms with E-state index in [0.717, 1.165) is 5.56 Å². The highest BCUT2D eigenvalue weighted by molar-refractivity contribution is 5.91. The summed E-state index contributed by atoms with van der Waals surface area (Å²) in [5.41, 5.74) is 1.32. The number of nitrogens with zero attached hydrogens (tertiary/aromatic N) is 4. The Balaban J connectivity index is 1.58. The number of carbonyl (C=O) groups excluding carboxylic acids is 1. The topological polar surface area (TPSA) is 101 Å². The second-order valence-corrected chi connectivity index (χ2v) is 5.68. The minimum atomic E-state index is -0.154. The van der Waals surface area contributed by atoms with Crippen molar-refractivity contribution < 1.29 is 9.53 Å². The lowest BCUT2D eigenvalue weighted by Crippen LogP contribution is -2.15. The number of amides is 1. The van der Waals surface area contributed by atoms with Crippen LogP contribution in [-0.4, -0.2) is 20.9 Å². The number of hydrogen-bond donors (Lipinski definition) is 1. The number of nitrogens with one attached hydrogen (secondary N) is 1. The fourth-order valence-corrected chi connectivity index (χ4v) is 2.31. The molecule has 0 saturated heterocycles. The highest BCUT2D eigenvalue weighted by Gasteiger charge is 2.07. The van der Waals surface area contributed by atoms with Gasteiger partial charge in [-0.1, -0.05) is 19.1 Å². The van der Waals surface area contributed by atoms with Gasteiger partial charge in [0.15, 0.2) is 0 Å². The quantitative estimate of drug-likeness (QED) is 0.725. The van der Waals surface area contributed by atoms with E-state index < -0.39 is 0 Å². The molecule has 0 radical (unpaired) electrons. The molecule has 2 aromatic heterocycles. The number of hydrogen-bond acceptors (Lipinski definition) is 6. The van der Waals surface area contributed by atoms with Gasteiger partial charge in [0, 0.05) is 24.9 Å². The summed E-state index contributed by atoms with van der Waals surface area (Å²) in [5, 5.41) is 11.5. The second-order valence-electron chi connectivity index (χ2n) is 5.68. The molecule has 27 heavy (non-hydrogen) atoms. The molecule has 1 aromatic carbocycles. The van der Waals surface area contributed by atoms with Crippen molar-refractivity contribution in [1.29, 1.82) is 5.26 Å². The molecule has 2 heterocycles. The van der Waals surface area contributed by atoms with Gasteiger partial charge >= 0.3 is 0 Å². The van der Waals surface area contributed by atoms with E-state index in [1.165, 1.54) is 6.20 Å². The van der Waals surface area contributed by atoms with Gasteiger partial charge < -0.3 is 10.1 Å². The molecule has 0 aliphatic rings. The van der Waals surface area contributed by atoms with Crippen LogP contribution < -0.4 is 10.1 Å². The van der Waals surface area contributed by atoms with Crippen molar-refractivity contribution in [2.45, 2.75) is 19.8 Å². The Morgan fingerprint density at radius 1 is 1.15 bits per heavy atom. The number of nitriles is 1. The Morgan fingerprint density at radius 3 is 2.63 bits per heavy atom. The first-order valence-electron chi connectivity index (χ1n) is 8.41. The number of rotatable bonds is 6. The predicted octanol–water partition coefficient (Wildman–Crippen LogP) is 3.28. The molecule has 0 aliphatic heterocycles. The minimum Gasteiger partial charge on any atom is -0.439 e. The summed E-state index contributed by atoms with van der Waals surface area (Å²) in [6.45, 7) is 1.96. The molecule has 7 heteroatoms. The molecule has 0 fully saturated rings. The number of carbonyl (C=O) groups is 1. The summed E-state index contributed by atoms with van der Waals surface area (Å²) in [6, 6.07) is 14.1. The Morgan fingerprint density at radius 2 is 1.96 bits per heavy atom. The number of benzene rings is 1. The van der Waals surface area contributed by atoms with Crippen molar-refractivity contribution in [3.8, 4) is 17.7 Å². The van der Waals surface area contributed by atoms with Gasteiger partial charge in [0.25, 0.3) is 0 Å². The van der Waals surface area contributed by atoms with E-state index >= 15 is 0 Å². The zero-order valence-electron chi connectivity index (χ0n) is 14.7. The highest BCUT2D eigenvalue weighted by Crippen LogP contribution is 2.20. The smallest absolute Gasteiger partial charge is 0.229 e. The number of aryl methyl sites for hydroxylation is 1. The molecule has 1 N–H and O–H groups in total. The van der Waals surface area contributed by atoms with Crippen LogP contribution >= 0.6 is 0 Å². The monoisotopic (exact) mass is 359 g/mol. The van der Waals surface area contributed by atoms with Crippen molar-refractivity contribution in [3.05, 3.63) is 71.8 Å². The van der Waals surface area contributed by atoms with Gasteiger partial charge in [-0.2, -0.15) is 5.26 Å². The second kappa shape index (κ2) is 8.54. The Kier molecular flexibility index (Phi) is 5.70. The van der Waals surface area contributed by atoms with Crippen LogP contribution in [0.2, 0.25) is 0 Å². The van der Waals surface area contributed by atoms with Crippen LogP contribution in [0.5, 0.6) is 11.6 Å². The maximum atomic E-state index is 12.2. The molecule has 3 aromatic rings. The van der Waals surface area contributed by atoms with Crippen molar-refractivity contribution >= 4 is 11.7 Å². The van der Waals surface area contributed by atoms with E-state index in [1.54, 1.807) is 36.5 Å². The fourth-order valence-electron chi connectivity index (χ4n) is 2.31.